The van der Waals surface area contributed by atoms with Crippen LogP contribution in [0, 0.1) is 13.8 Å². The number of hydrogen-bond acceptors (Lipinski definition) is 6. The van der Waals surface area contributed by atoms with Crippen LogP contribution in [-0.4, -0.2) is 48.0 Å². The first-order valence-electron chi connectivity index (χ1n) is 9.30. The molecule has 2 fully saturated rings. The van der Waals surface area contributed by atoms with Crippen molar-refractivity contribution in [1.29, 1.82) is 0 Å². The number of ether oxygens (including phenoxy) is 2. The highest BCUT2D eigenvalue weighted by Gasteiger charge is 2.40. The lowest BCUT2D eigenvalue weighted by Gasteiger charge is -2.37. The number of rotatable bonds is 3. The van der Waals surface area contributed by atoms with Gasteiger partial charge in [-0.05, 0) is 31.0 Å². The van der Waals surface area contributed by atoms with Gasteiger partial charge in [0.15, 0.2) is 5.79 Å². The highest BCUT2D eigenvalue weighted by molar-refractivity contribution is 6.03. The van der Waals surface area contributed by atoms with E-state index in [1.54, 1.807) is 12.3 Å². The van der Waals surface area contributed by atoms with Crippen molar-refractivity contribution in [3.8, 4) is 0 Å². The van der Waals surface area contributed by atoms with E-state index in [9.17, 15) is 4.79 Å². The first-order valence-corrected chi connectivity index (χ1v) is 9.30. The summed E-state index contributed by atoms with van der Waals surface area (Å²) in [4.78, 5) is 23.6. The molecule has 1 N–H and O–H groups in total. The minimum atomic E-state index is -0.437. The fourth-order valence-electron chi connectivity index (χ4n) is 3.65. The summed E-state index contributed by atoms with van der Waals surface area (Å²) in [5.41, 5.74) is 3.24. The van der Waals surface area contributed by atoms with Crippen LogP contribution in [0.15, 0.2) is 30.5 Å². The molecule has 0 atom stereocenters. The van der Waals surface area contributed by atoms with Gasteiger partial charge >= 0.3 is 0 Å². The maximum Gasteiger partial charge on any atom is 0.274 e. The molecule has 1 amide bonds. The summed E-state index contributed by atoms with van der Waals surface area (Å²) in [6, 6.07) is 7.57. The molecule has 1 spiro atoms. The van der Waals surface area contributed by atoms with Crippen molar-refractivity contribution in [2.75, 3.05) is 36.5 Å². The number of aromatic nitrogens is 2. The molecule has 27 heavy (non-hydrogen) atoms. The van der Waals surface area contributed by atoms with E-state index in [-0.39, 0.29) is 5.91 Å². The van der Waals surface area contributed by atoms with E-state index in [1.165, 1.54) is 0 Å². The molecule has 2 aliphatic heterocycles. The van der Waals surface area contributed by atoms with Gasteiger partial charge in [0, 0.05) is 37.8 Å². The second-order valence-electron chi connectivity index (χ2n) is 7.06. The molecule has 1 aromatic heterocycles. The Kier molecular flexibility index (Phi) is 4.80. The van der Waals surface area contributed by atoms with E-state index in [2.05, 4.69) is 20.2 Å². The molecule has 7 heteroatoms. The Hall–Kier alpha value is -2.51. The number of carbonyl (C=O) groups is 1. The van der Waals surface area contributed by atoms with Crippen molar-refractivity contribution >= 4 is 17.5 Å². The molecule has 0 bridgehead atoms. The standard InChI is InChI=1S/C20H24N4O3/c1-14-4-3-5-15(2)17(14)23-18(25)16-6-9-21-19(22-16)24-10-7-20(8-11-24)26-12-13-27-20/h3-6,9H,7-8,10-13H2,1-2H3,(H,23,25). The van der Waals surface area contributed by atoms with E-state index in [4.69, 9.17) is 9.47 Å². The summed E-state index contributed by atoms with van der Waals surface area (Å²) in [6.07, 6.45) is 3.18. The Balaban J connectivity index is 1.47. The molecule has 2 aliphatic rings. The number of nitrogens with zero attached hydrogens (tertiary/aromatic N) is 3. The van der Waals surface area contributed by atoms with Crippen LogP contribution in [-0.2, 0) is 9.47 Å². The van der Waals surface area contributed by atoms with Crippen LogP contribution in [0.3, 0.4) is 0 Å². The maximum atomic E-state index is 12.7. The SMILES string of the molecule is Cc1cccc(C)c1NC(=O)c1ccnc(N2CCC3(CC2)OCCO3)n1. The number of anilines is 2. The van der Waals surface area contributed by atoms with Gasteiger partial charge in [0.2, 0.25) is 5.95 Å². The Morgan fingerprint density at radius 3 is 2.44 bits per heavy atom. The number of carbonyl (C=O) groups excluding carboxylic acids is 1. The topological polar surface area (TPSA) is 76.6 Å². The second kappa shape index (κ2) is 7.25. The largest absolute Gasteiger partial charge is 0.347 e. The van der Waals surface area contributed by atoms with Gasteiger partial charge in [-0.3, -0.25) is 4.79 Å². The van der Waals surface area contributed by atoms with Crippen LogP contribution in [0.4, 0.5) is 11.6 Å². The van der Waals surface area contributed by atoms with Gasteiger partial charge in [0.1, 0.15) is 5.69 Å². The van der Waals surface area contributed by atoms with Gasteiger partial charge in [0.05, 0.1) is 13.2 Å². The lowest BCUT2D eigenvalue weighted by atomic mass is 10.0. The van der Waals surface area contributed by atoms with E-state index in [1.807, 2.05) is 32.0 Å². The lowest BCUT2D eigenvalue weighted by Crippen LogP contribution is -2.45. The molecule has 1 aromatic carbocycles. The van der Waals surface area contributed by atoms with Crippen molar-refractivity contribution in [3.05, 3.63) is 47.3 Å². The van der Waals surface area contributed by atoms with Crippen LogP contribution in [0.5, 0.6) is 0 Å². The summed E-state index contributed by atoms with van der Waals surface area (Å²) in [6.45, 7) is 6.74. The van der Waals surface area contributed by atoms with Gasteiger partial charge < -0.3 is 19.7 Å². The molecule has 2 saturated heterocycles. The van der Waals surface area contributed by atoms with Crippen LogP contribution in [0.2, 0.25) is 0 Å². The molecule has 7 nitrogen and oxygen atoms in total. The maximum absolute atomic E-state index is 12.7. The molecular weight excluding hydrogens is 344 g/mol. The monoisotopic (exact) mass is 368 g/mol. The van der Waals surface area contributed by atoms with Gasteiger partial charge in [-0.25, -0.2) is 9.97 Å². The summed E-state index contributed by atoms with van der Waals surface area (Å²) >= 11 is 0. The zero-order chi connectivity index (χ0) is 18.9. The van der Waals surface area contributed by atoms with Gasteiger partial charge in [-0.1, -0.05) is 18.2 Å². The van der Waals surface area contributed by atoms with E-state index < -0.39 is 5.79 Å². The highest BCUT2D eigenvalue weighted by atomic mass is 16.7. The van der Waals surface area contributed by atoms with Crippen LogP contribution < -0.4 is 10.2 Å². The van der Waals surface area contributed by atoms with Crippen molar-refractivity contribution < 1.29 is 14.3 Å². The Morgan fingerprint density at radius 2 is 1.78 bits per heavy atom. The Bertz CT molecular complexity index is 819. The number of piperidine rings is 1. The zero-order valence-corrected chi connectivity index (χ0v) is 15.7. The smallest absolute Gasteiger partial charge is 0.274 e. The average Bonchev–Trinajstić information content (AvgIpc) is 3.13. The average molecular weight is 368 g/mol. The first kappa shape index (κ1) is 17.9. The van der Waals surface area contributed by atoms with Crippen molar-refractivity contribution in [3.63, 3.8) is 0 Å². The second-order valence-corrected chi connectivity index (χ2v) is 7.06. The van der Waals surface area contributed by atoms with Gasteiger partial charge in [-0.2, -0.15) is 0 Å². The number of benzene rings is 1. The molecule has 142 valence electrons. The van der Waals surface area contributed by atoms with Crippen LogP contribution in [0.25, 0.3) is 0 Å². The summed E-state index contributed by atoms with van der Waals surface area (Å²) in [5.74, 6) is -0.0996. The quantitative estimate of drug-likeness (QED) is 0.898. The summed E-state index contributed by atoms with van der Waals surface area (Å²) < 4.78 is 11.5. The summed E-state index contributed by atoms with van der Waals surface area (Å²) in [5, 5.41) is 2.98. The third-order valence-corrected chi connectivity index (χ3v) is 5.22. The summed E-state index contributed by atoms with van der Waals surface area (Å²) in [7, 11) is 0. The molecule has 4 rings (SSSR count). The lowest BCUT2D eigenvalue weighted by molar-refractivity contribution is -0.169. The fourth-order valence-corrected chi connectivity index (χ4v) is 3.65. The van der Waals surface area contributed by atoms with E-state index in [0.29, 0.717) is 24.9 Å². The van der Waals surface area contributed by atoms with Gasteiger partial charge in [0.25, 0.3) is 5.91 Å². The number of amides is 1. The first-order chi connectivity index (χ1) is 13.1. The predicted molar refractivity (Wildman–Crippen MR) is 102 cm³/mol. The number of hydrogen-bond donors (Lipinski definition) is 1. The minimum Gasteiger partial charge on any atom is -0.347 e. The Morgan fingerprint density at radius 1 is 1.11 bits per heavy atom. The van der Waals surface area contributed by atoms with Crippen molar-refractivity contribution in [1.82, 2.24) is 9.97 Å². The van der Waals surface area contributed by atoms with E-state index >= 15 is 0 Å². The van der Waals surface area contributed by atoms with Gasteiger partial charge in [-0.15, -0.1) is 0 Å². The molecule has 2 aromatic rings. The third kappa shape index (κ3) is 3.65. The van der Waals surface area contributed by atoms with Crippen molar-refractivity contribution in [2.24, 2.45) is 0 Å². The molecule has 0 saturated carbocycles. The zero-order valence-electron chi connectivity index (χ0n) is 15.7. The Labute approximate surface area is 158 Å². The van der Waals surface area contributed by atoms with Crippen LogP contribution in [0.1, 0.15) is 34.5 Å². The predicted octanol–water partition coefficient (Wildman–Crippen LogP) is 2.69. The van der Waals surface area contributed by atoms with E-state index in [0.717, 1.165) is 42.7 Å². The fraction of sp³-hybridized carbons (Fsp3) is 0.450. The molecular formula is C20H24N4O3. The molecule has 0 radical (unpaired) electrons. The van der Waals surface area contributed by atoms with Crippen LogP contribution >= 0.6 is 0 Å². The number of para-hydroxylation sites is 1. The number of aryl methyl sites for hydroxylation is 2. The highest BCUT2D eigenvalue weighted by Crippen LogP contribution is 2.32. The molecule has 3 heterocycles. The van der Waals surface area contributed by atoms with Crippen molar-refractivity contribution in [2.45, 2.75) is 32.5 Å². The molecule has 0 aliphatic carbocycles. The normalized spacial score (nSPS) is 18.7. The molecule has 0 unspecified atom stereocenters. The number of nitrogens with one attached hydrogen (secondary N) is 1. The minimum absolute atomic E-state index is 0.230. The third-order valence-electron chi connectivity index (χ3n) is 5.22.